The van der Waals surface area contributed by atoms with E-state index in [0.29, 0.717) is 25.4 Å². The number of ether oxygens (including phenoxy) is 3. The predicted octanol–water partition coefficient (Wildman–Crippen LogP) is 9.30. The summed E-state index contributed by atoms with van der Waals surface area (Å²) in [5.41, 5.74) is 10.5. The van der Waals surface area contributed by atoms with Crippen LogP contribution in [0.15, 0.2) is 121 Å². The Labute approximate surface area is 283 Å². The molecule has 0 heterocycles. The van der Waals surface area contributed by atoms with Crippen molar-refractivity contribution in [3.05, 3.63) is 171 Å². The Morgan fingerprint density at radius 1 is 0.667 bits per heavy atom. The lowest BCUT2D eigenvalue weighted by Crippen LogP contribution is -2.24. The van der Waals surface area contributed by atoms with Crippen LogP contribution in [-0.4, -0.2) is 37.5 Å². The molecular formula is C43H42O5. The lowest BCUT2D eigenvalue weighted by Gasteiger charge is -2.24. The molecule has 1 aliphatic carbocycles. The van der Waals surface area contributed by atoms with Gasteiger partial charge in [0.05, 0.1) is 6.61 Å². The highest BCUT2D eigenvalue weighted by Crippen LogP contribution is 2.39. The number of carboxylic acid groups (broad SMARTS) is 1. The SMILES string of the molecule is COC(Cc1ccc(OCCOC2c3cc(C(C)c4ccccc4)ccc3C=Cc3ccc(C(C)c4ccccc4)cc32)cc1)C(=O)O. The lowest BCUT2D eigenvalue weighted by atomic mass is 9.86. The van der Waals surface area contributed by atoms with Gasteiger partial charge in [0.2, 0.25) is 0 Å². The van der Waals surface area contributed by atoms with Gasteiger partial charge in [0.1, 0.15) is 18.5 Å². The first-order chi connectivity index (χ1) is 23.4. The second kappa shape index (κ2) is 15.3. The first kappa shape index (κ1) is 33.0. The quantitative estimate of drug-likeness (QED) is 0.130. The minimum Gasteiger partial charge on any atom is -0.491 e. The second-order valence-corrected chi connectivity index (χ2v) is 12.4. The Hall–Kier alpha value is -4.97. The number of hydrogen-bond donors (Lipinski definition) is 1. The van der Waals surface area contributed by atoms with Gasteiger partial charge in [-0.1, -0.05) is 135 Å². The molecule has 5 nitrogen and oxygen atoms in total. The van der Waals surface area contributed by atoms with Crippen LogP contribution in [0.25, 0.3) is 12.2 Å². The Balaban J connectivity index is 1.26. The molecule has 0 fully saturated rings. The summed E-state index contributed by atoms with van der Waals surface area (Å²) >= 11 is 0. The van der Waals surface area contributed by atoms with Gasteiger partial charge in [0.25, 0.3) is 0 Å². The molecule has 244 valence electrons. The number of hydrogen-bond acceptors (Lipinski definition) is 4. The maximum Gasteiger partial charge on any atom is 0.333 e. The maximum absolute atomic E-state index is 11.3. The van der Waals surface area contributed by atoms with E-state index in [2.05, 4.69) is 123 Å². The molecule has 0 spiro atoms. The van der Waals surface area contributed by atoms with Gasteiger partial charge in [0, 0.05) is 25.4 Å². The summed E-state index contributed by atoms with van der Waals surface area (Å²) < 4.78 is 18.0. The van der Waals surface area contributed by atoms with Crippen molar-refractivity contribution in [2.24, 2.45) is 0 Å². The first-order valence-electron chi connectivity index (χ1n) is 16.6. The summed E-state index contributed by atoms with van der Waals surface area (Å²) in [6.07, 6.45) is 3.53. The van der Waals surface area contributed by atoms with E-state index >= 15 is 0 Å². The molecule has 0 bridgehead atoms. The highest BCUT2D eigenvalue weighted by molar-refractivity contribution is 5.77. The molecule has 3 atom stereocenters. The van der Waals surface area contributed by atoms with Crippen LogP contribution in [0.2, 0.25) is 0 Å². The zero-order valence-electron chi connectivity index (χ0n) is 27.7. The topological polar surface area (TPSA) is 65.0 Å². The van der Waals surface area contributed by atoms with Crippen LogP contribution >= 0.6 is 0 Å². The molecule has 48 heavy (non-hydrogen) atoms. The highest BCUT2D eigenvalue weighted by Gasteiger charge is 2.25. The minimum absolute atomic E-state index is 0.231. The number of benzene rings is 5. The number of fused-ring (bicyclic) bond motifs is 2. The first-order valence-corrected chi connectivity index (χ1v) is 16.6. The largest absolute Gasteiger partial charge is 0.491 e. The monoisotopic (exact) mass is 638 g/mol. The third-order valence-electron chi connectivity index (χ3n) is 9.37. The van der Waals surface area contributed by atoms with Crippen LogP contribution in [0.4, 0.5) is 0 Å². The van der Waals surface area contributed by atoms with Crippen molar-refractivity contribution in [2.75, 3.05) is 20.3 Å². The number of carbonyl (C=O) groups is 1. The molecule has 5 heteroatoms. The highest BCUT2D eigenvalue weighted by atomic mass is 16.5. The van der Waals surface area contributed by atoms with Gasteiger partial charge in [-0.15, -0.1) is 0 Å². The average Bonchev–Trinajstić information content (AvgIpc) is 3.28. The number of aliphatic carboxylic acids is 1. The number of carboxylic acids is 1. The molecule has 3 unspecified atom stereocenters. The van der Waals surface area contributed by atoms with Gasteiger partial charge in [-0.05, 0) is 62.2 Å². The lowest BCUT2D eigenvalue weighted by molar-refractivity contribution is -0.148. The molecule has 0 aliphatic heterocycles. The summed E-state index contributed by atoms with van der Waals surface area (Å²) in [7, 11) is 1.41. The Kier molecular flexibility index (Phi) is 10.5. The summed E-state index contributed by atoms with van der Waals surface area (Å²) in [6.45, 7) is 5.25. The average molecular weight is 639 g/mol. The van der Waals surface area contributed by atoms with Crippen LogP contribution in [0.5, 0.6) is 5.75 Å². The van der Waals surface area contributed by atoms with E-state index in [0.717, 1.165) is 27.8 Å². The molecular weight excluding hydrogens is 596 g/mol. The van der Waals surface area contributed by atoms with Crippen LogP contribution in [0, 0.1) is 0 Å². The van der Waals surface area contributed by atoms with Crippen molar-refractivity contribution in [2.45, 2.75) is 44.3 Å². The third kappa shape index (κ3) is 7.60. The van der Waals surface area contributed by atoms with Crippen molar-refractivity contribution < 1.29 is 24.1 Å². The number of rotatable bonds is 13. The fourth-order valence-electron chi connectivity index (χ4n) is 6.41. The summed E-state index contributed by atoms with van der Waals surface area (Å²) in [5.74, 6) is 0.187. The Morgan fingerprint density at radius 2 is 1.19 bits per heavy atom. The van der Waals surface area contributed by atoms with Crippen molar-refractivity contribution >= 4 is 18.1 Å². The smallest absolute Gasteiger partial charge is 0.333 e. The van der Waals surface area contributed by atoms with E-state index in [4.69, 9.17) is 14.2 Å². The normalized spacial score (nSPS) is 15.4. The van der Waals surface area contributed by atoms with Gasteiger partial charge in [-0.25, -0.2) is 4.79 Å². The van der Waals surface area contributed by atoms with Crippen molar-refractivity contribution in [1.29, 1.82) is 0 Å². The molecule has 0 radical (unpaired) electrons. The van der Waals surface area contributed by atoms with Crippen molar-refractivity contribution in [3.63, 3.8) is 0 Å². The molecule has 1 N–H and O–H groups in total. The fraction of sp³-hybridized carbons (Fsp3) is 0.233. The van der Waals surface area contributed by atoms with E-state index in [-0.39, 0.29) is 17.9 Å². The Morgan fingerprint density at radius 3 is 1.67 bits per heavy atom. The molecule has 5 aromatic rings. The maximum atomic E-state index is 11.3. The standard InChI is InChI=1S/C43H42O5/c1-29(32-10-6-4-7-11-32)36-20-18-34-16-17-35-19-21-37(30(2)33-12-8-5-9-13-33)28-40(35)42(39(34)27-36)48-25-24-47-38-22-14-31(15-23-38)26-41(46-3)43(44)45/h4-23,27-30,41-42H,24-26H2,1-3H3,(H,44,45). The van der Waals surface area contributed by atoms with Gasteiger partial charge >= 0.3 is 5.97 Å². The van der Waals surface area contributed by atoms with Gasteiger partial charge in [0.15, 0.2) is 6.10 Å². The van der Waals surface area contributed by atoms with E-state index in [1.165, 1.54) is 29.4 Å². The zero-order valence-corrected chi connectivity index (χ0v) is 27.7. The summed E-state index contributed by atoms with van der Waals surface area (Å²) in [4.78, 5) is 11.3. The zero-order chi connectivity index (χ0) is 33.5. The molecule has 0 saturated carbocycles. The molecule has 1 aliphatic rings. The van der Waals surface area contributed by atoms with E-state index in [1.54, 1.807) is 0 Å². The Bertz CT molecular complexity index is 1750. The van der Waals surface area contributed by atoms with Crippen LogP contribution in [-0.2, 0) is 20.7 Å². The third-order valence-corrected chi connectivity index (χ3v) is 9.37. The van der Waals surface area contributed by atoms with Crippen molar-refractivity contribution in [3.8, 4) is 5.75 Å². The van der Waals surface area contributed by atoms with Gasteiger partial charge in [-0.3, -0.25) is 0 Å². The predicted molar refractivity (Wildman–Crippen MR) is 192 cm³/mol. The van der Waals surface area contributed by atoms with Gasteiger partial charge < -0.3 is 19.3 Å². The molecule has 0 saturated heterocycles. The summed E-state index contributed by atoms with van der Waals surface area (Å²) in [6, 6.07) is 42.2. The molecule has 5 aromatic carbocycles. The van der Waals surface area contributed by atoms with Crippen LogP contribution in [0.3, 0.4) is 0 Å². The van der Waals surface area contributed by atoms with Crippen molar-refractivity contribution in [1.82, 2.24) is 0 Å². The molecule has 6 rings (SSSR count). The number of methoxy groups -OCH3 is 1. The molecule has 0 amide bonds. The second-order valence-electron chi connectivity index (χ2n) is 12.4. The van der Waals surface area contributed by atoms with E-state index < -0.39 is 12.1 Å². The van der Waals surface area contributed by atoms with Gasteiger partial charge in [-0.2, -0.15) is 0 Å². The van der Waals surface area contributed by atoms with E-state index in [9.17, 15) is 9.90 Å². The van der Waals surface area contributed by atoms with Crippen LogP contribution < -0.4 is 4.74 Å². The minimum atomic E-state index is -0.977. The van der Waals surface area contributed by atoms with E-state index in [1.807, 2.05) is 24.3 Å². The molecule has 0 aromatic heterocycles. The fourth-order valence-corrected chi connectivity index (χ4v) is 6.41. The summed E-state index contributed by atoms with van der Waals surface area (Å²) in [5, 5.41) is 9.30. The van der Waals surface area contributed by atoms with Crippen LogP contribution in [0.1, 0.15) is 81.9 Å².